The van der Waals surface area contributed by atoms with E-state index in [1.54, 1.807) is 0 Å². The van der Waals surface area contributed by atoms with E-state index in [4.69, 9.17) is 5.50 Å². The van der Waals surface area contributed by atoms with Crippen molar-refractivity contribution in [2.75, 3.05) is 0 Å². The number of rotatable bonds is 0. The highest BCUT2D eigenvalue weighted by molar-refractivity contribution is 7.72. The van der Waals surface area contributed by atoms with E-state index in [1.807, 2.05) is 0 Å². The van der Waals surface area contributed by atoms with E-state index in [2.05, 4.69) is 14.6 Å². The third-order valence-corrected chi connectivity index (χ3v) is 4.30. The summed E-state index contributed by atoms with van der Waals surface area (Å²) < 4.78 is 0. The Morgan fingerprint density at radius 1 is 1.29 bits per heavy atom. The minimum absolute atomic E-state index is 0.529. The maximum atomic E-state index is 5.45. The largest absolute Gasteiger partial charge is 0.285 e. The monoisotopic (exact) mass is 156 g/mol. The van der Waals surface area contributed by atoms with Crippen molar-refractivity contribution in [3.8, 4) is 0 Å². The van der Waals surface area contributed by atoms with Crippen LogP contribution in [0.1, 0.15) is 0 Å². The van der Waals surface area contributed by atoms with Gasteiger partial charge in [-0.2, -0.15) is 0 Å². The van der Waals surface area contributed by atoms with E-state index in [1.165, 1.54) is 0 Å². The van der Waals surface area contributed by atoms with Gasteiger partial charge in [0, 0.05) is 17.8 Å². The van der Waals surface area contributed by atoms with E-state index in [-0.39, 0.29) is 0 Å². The second-order valence-electron chi connectivity index (χ2n) is 0.969. The summed E-state index contributed by atoms with van der Waals surface area (Å²) in [6, 6.07) is 0. The molecule has 0 aromatic carbocycles. The first kappa shape index (κ1) is 6.25. The summed E-state index contributed by atoms with van der Waals surface area (Å²) in [5, 5.41) is 0. The molecule has 0 aromatic heterocycles. The smallest absolute Gasteiger partial charge is 0.117 e. The molecule has 2 atom stereocenters. The summed E-state index contributed by atoms with van der Waals surface area (Å²) in [5.41, 5.74) is 5.45. The predicted molar refractivity (Wildman–Crippen MR) is 37.1 cm³/mol. The molecule has 7 heavy (non-hydrogen) atoms. The molecule has 1 heterocycles. The Morgan fingerprint density at radius 2 is 1.86 bits per heavy atom. The topological polar surface area (TPSA) is 62.1 Å². The average Bonchev–Trinajstić information content (AvgIpc) is 1.69. The molecule has 1 saturated heterocycles. The van der Waals surface area contributed by atoms with Crippen LogP contribution < -0.4 is 20.1 Å². The SMILES string of the molecule is NP1NPNPN1. The summed E-state index contributed by atoms with van der Waals surface area (Å²) in [6.07, 6.45) is 0. The Hall–Kier alpha value is 1.13. The van der Waals surface area contributed by atoms with E-state index in [0.717, 1.165) is 0 Å². The van der Waals surface area contributed by atoms with Gasteiger partial charge in [0.25, 0.3) is 0 Å². The van der Waals surface area contributed by atoms with Gasteiger partial charge in [-0.3, -0.25) is 10.4 Å². The van der Waals surface area contributed by atoms with Gasteiger partial charge in [-0.25, -0.2) is 9.72 Å². The number of nitrogens with two attached hydrogens (primary N) is 1. The van der Waals surface area contributed by atoms with E-state index in [0.29, 0.717) is 17.8 Å². The molecule has 1 rings (SSSR count). The van der Waals surface area contributed by atoms with Gasteiger partial charge >= 0.3 is 0 Å². The van der Waals surface area contributed by atoms with Gasteiger partial charge in [-0.05, 0) is 0 Å². The Kier molecular flexibility index (Phi) is 2.87. The standard InChI is InChI=1S/H7N4P3/c1-7-3-5-2-6-4-7/h2-6H,1H2. The van der Waals surface area contributed by atoms with Crippen LogP contribution in [0.25, 0.3) is 0 Å². The van der Waals surface area contributed by atoms with Crippen LogP contribution in [0.15, 0.2) is 0 Å². The Labute approximate surface area is 47.1 Å². The van der Waals surface area contributed by atoms with Crippen LogP contribution in [0.2, 0.25) is 0 Å². The molecule has 0 aliphatic carbocycles. The third-order valence-electron chi connectivity index (χ3n) is 0.478. The summed E-state index contributed by atoms with van der Waals surface area (Å²) >= 11 is 0. The third kappa shape index (κ3) is 2.25. The molecule has 1 aliphatic rings. The zero-order valence-corrected chi connectivity index (χ0v) is 6.42. The van der Waals surface area contributed by atoms with Crippen molar-refractivity contribution in [2.24, 2.45) is 5.50 Å². The highest BCUT2D eigenvalue weighted by Gasteiger charge is 2.02. The van der Waals surface area contributed by atoms with Crippen LogP contribution >= 0.6 is 26.1 Å². The quantitative estimate of drug-likeness (QED) is 0.372. The molecule has 0 amide bonds. The normalized spacial score (nSPS) is 39.9. The van der Waals surface area contributed by atoms with Crippen molar-refractivity contribution in [2.45, 2.75) is 0 Å². The number of hydrogen-bond acceptors (Lipinski definition) is 4. The molecule has 5 N–H and O–H groups in total. The maximum absolute atomic E-state index is 5.45. The molecule has 2 unspecified atom stereocenters. The lowest BCUT2D eigenvalue weighted by Crippen LogP contribution is -2.20. The van der Waals surface area contributed by atoms with Crippen LogP contribution in [0.4, 0.5) is 0 Å². The minimum atomic E-state index is -0.529. The van der Waals surface area contributed by atoms with Crippen molar-refractivity contribution >= 4 is 26.1 Å². The van der Waals surface area contributed by atoms with Crippen LogP contribution in [0.3, 0.4) is 0 Å². The van der Waals surface area contributed by atoms with Crippen molar-refractivity contribution in [3.05, 3.63) is 0 Å². The Morgan fingerprint density at radius 3 is 2.14 bits per heavy atom. The molecular formula is H7N4P3. The molecule has 1 fully saturated rings. The van der Waals surface area contributed by atoms with Crippen LogP contribution in [0, 0.1) is 0 Å². The van der Waals surface area contributed by atoms with Crippen LogP contribution in [0.5, 0.6) is 0 Å². The van der Waals surface area contributed by atoms with Gasteiger partial charge in [-0.1, -0.05) is 0 Å². The Bertz CT molecular complexity index is 48.9. The van der Waals surface area contributed by atoms with Crippen molar-refractivity contribution in [1.29, 1.82) is 0 Å². The lowest BCUT2D eigenvalue weighted by atomic mass is 13.8. The lowest BCUT2D eigenvalue weighted by Gasteiger charge is -2.19. The van der Waals surface area contributed by atoms with Crippen LogP contribution in [-0.2, 0) is 0 Å². The molecule has 0 bridgehead atoms. The molecule has 1 aliphatic heterocycles. The first-order valence-corrected chi connectivity index (χ1v) is 5.12. The van der Waals surface area contributed by atoms with Gasteiger partial charge in [0.15, 0.2) is 0 Å². The van der Waals surface area contributed by atoms with Crippen molar-refractivity contribution in [1.82, 2.24) is 14.6 Å². The highest BCUT2D eigenvalue weighted by atomic mass is 31.2. The second-order valence-corrected chi connectivity index (χ2v) is 5.00. The first-order chi connectivity index (χ1) is 3.39. The summed E-state index contributed by atoms with van der Waals surface area (Å²) in [4.78, 5) is 9.16. The lowest BCUT2D eigenvalue weighted by molar-refractivity contribution is 1.39. The van der Waals surface area contributed by atoms with E-state index in [9.17, 15) is 0 Å². The van der Waals surface area contributed by atoms with Crippen molar-refractivity contribution in [3.63, 3.8) is 0 Å². The maximum Gasteiger partial charge on any atom is 0.117 e. The molecule has 7 heteroatoms. The molecule has 0 aromatic rings. The second kappa shape index (κ2) is 3.21. The van der Waals surface area contributed by atoms with Gasteiger partial charge in [0.05, 0.1) is 0 Å². The molecule has 0 spiro atoms. The molecule has 0 radical (unpaired) electrons. The summed E-state index contributed by atoms with van der Waals surface area (Å²) in [7, 11) is 0.742. The zero-order valence-electron chi connectivity index (χ0n) is 3.52. The first-order valence-electron chi connectivity index (χ1n) is 1.71. The number of nitrogens with one attached hydrogen (secondary N) is 3. The average molecular weight is 156 g/mol. The van der Waals surface area contributed by atoms with E-state index >= 15 is 0 Å². The zero-order chi connectivity index (χ0) is 5.11. The highest BCUT2D eigenvalue weighted by Crippen LogP contribution is 2.31. The fraction of sp³-hybridized carbons (Fsp3) is 0. The minimum Gasteiger partial charge on any atom is -0.285 e. The van der Waals surface area contributed by atoms with Crippen LogP contribution in [-0.4, -0.2) is 0 Å². The van der Waals surface area contributed by atoms with E-state index < -0.39 is 8.37 Å². The molecule has 4 nitrogen and oxygen atoms in total. The van der Waals surface area contributed by atoms with Gasteiger partial charge in [0.2, 0.25) is 0 Å². The van der Waals surface area contributed by atoms with Gasteiger partial charge < -0.3 is 0 Å². The predicted octanol–water partition coefficient (Wildman–Crippen LogP) is -0.0286. The number of hydrogen-bond donors (Lipinski definition) is 4. The fourth-order valence-electron chi connectivity index (χ4n) is 0.236. The Balaban J connectivity index is 2.12. The summed E-state index contributed by atoms with van der Waals surface area (Å²) in [6.45, 7) is 0. The molecular weight excluding hydrogens is 149 g/mol. The van der Waals surface area contributed by atoms with Gasteiger partial charge in [0.1, 0.15) is 8.37 Å². The van der Waals surface area contributed by atoms with Crippen molar-refractivity contribution < 1.29 is 0 Å². The molecule has 0 saturated carbocycles. The van der Waals surface area contributed by atoms with Gasteiger partial charge in [-0.15, -0.1) is 0 Å². The molecule has 42 valence electrons. The fourth-order valence-corrected chi connectivity index (χ4v) is 3.63. The summed E-state index contributed by atoms with van der Waals surface area (Å²) in [5.74, 6) is 0.